The third-order valence-electron chi connectivity index (χ3n) is 3.44. The Kier molecular flexibility index (Phi) is 4.95. The van der Waals surface area contributed by atoms with Crippen molar-refractivity contribution in [3.63, 3.8) is 0 Å². The molecule has 18 heavy (non-hydrogen) atoms. The van der Waals surface area contributed by atoms with Crippen molar-refractivity contribution in [2.24, 2.45) is 0 Å². The minimum Gasteiger partial charge on any atom is -0.367 e. The molecule has 2 rings (SSSR count). The summed E-state index contributed by atoms with van der Waals surface area (Å²) >= 11 is 1.46. The molecule has 1 aromatic rings. The SMILES string of the molecule is CCCNc1nc(C2(OCC)CCCCC2)ns1. The molecule has 5 heteroatoms. The van der Waals surface area contributed by atoms with E-state index in [1.54, 1.807) is 0 Å². The van der Waals surface area contributed by atoms with Crippen LogP contribution >= 0.6 is 11.5 Å². The van der Waals surface area contributed by atoms with Crippen molar-refractivity contribution >= 4 is 16.7 Å². The molecule has 0 amide bonds. The molecule has 0 aromatic carbocycles. The molecule has 4 nitrogen and oxygen atoms in total. The van der Waals surface area contributed by atoms with Crippen LogP contribution in [0.1, 0.15) is 58.2 Å². The summed E-state index contributed by atoms with van der Waals surface area (Å²) < 4.78 is 10.6. The molecule has 1 fully saturated rings. The van der Waals surface area contributed by atoms with Crippen LogP contribution in [0, 0.1) is 0 Å². The molecule has 0 spiro atoms. The largest absolute Gasteiger partial charge is 0.367 e. The minimum atomic E-state index is -0.213. The molecule has 1 aliphatic rings. The van der Waals surface area contributed by atoms with Gasteiger partial charge in [0.2, 0.25) is 5.13 Å². The van der Waals surface area contributed by atoms with E-state index < -0.39 is 0 Å². The van der Waals surface area contributed by atoms with Gasteiger partial charge in [-0.3, -0.25) is 0 Å². The number of nitrogens with zero attached hydrogens (tertiary/aromatic N) is 2. The molecular weight excluding hydrogens is 246 g/mol. The predicted octanol–water partition coefficient (Wildman–Crippen LogP) is 3.56. The molecule has 1 aromatic heterocycles. The summed E-state index contributed by atoms with van der Waals surface area (Å²) in [7, 11) is 0. The summed E-state index contributed by atoms with van der Waals surface area (Å²) in [6.07, 6.45) is 6.97. The van der Waals surface area contributed by atoms with E-state index in [-0.39, 0.29) is 5.60 Å². The maximum Gasteiger partial charge on any atom is 0.202 e. The smallest absolute Gasteiger partial charge is 0.202 e. The van der Waals surface area contributed by atoms with Crippen LogP contribution in [0.15, 0.2) is 0 Å². The zero-order valence-corrected chi connectivity index (χ0v) is 12.2. The normalized spacial score (nSPS) is 18.8. The predicted molar refractivity (Wildman–Crippen MR) is 75.1 cm³/mol. The monoisotopic (exact) mass is 269 g/mol. The first kappa shape index (κ1) is 13.7. The van der Waals surface area contributed by atoms with Crippen LogP contribution in [0.2, 0.25) is 0 Å². The van der Waals surface area contributed by atoms with Gasteiger partial charge in [0.15, 0.2) is 5.82 Å². The van der Waals surface area contributed by atoms with Crippen LogP contribution in [0.25, 0.3) is 0 Å². The first-order valence-electron chi connectivity index (χ1n) is 7.03. The van der Waals surface area contributed by atoms with Crippen molar-refractivity contribution in [2.45, 2.75) is 58.0 Å². The average molecular weight is 269 g/mol. The number of hydrogen-bond donors (Lipinski definition) is 1. The van der Waals surface area contributed by atoms with E-state index in [1.165, 1.54) is 30.8 Å². The van der Waals surface area contributed by atoms with E-state index in [9.17, 15) is 0 Å². The quantitative estimate of drug-likeness (QED) is 0.858. The van der Waals surface area contributed by atoms with E-state index >= 15 is 0 Å². The molecule has 1 aliphatic carbocycles. The Labute approximate surface area is 113 Å². The first-order chi connectivity index (χ1) is 8.80. The maximum atomic E-state index is 6.03. The van der Waals surface area contributed by atoms with Gasteiger partial charge >= 0.3 is 0 Å². The van der Waals surface area contributed by atoms with Gasteiger partial charge in [0.05, 0.1) is 0 Å². The molecule has 0 radical (unpaired) electrons. The Balaban J connectivity index is 2.12. The van der Waals surface area contributed by atoms with Crippen LogP contribution < -0.4 is 5.32 Å². The van der Waals surface area contributed by atoms with Crippen molar-refractivity contribution < 1.29 is 4.74 Å². The van der Waals surface area contributed by atoms with Gasteiger partial charge in [-0.25, -0.2) is 4.98 Å². The molecule has 102 valence electrons. The summed E-state index contributed by atoms with van der Waals surface area (Å²) in [5.41, 5.74) is -0.213. The summed E-state index contributed by atoms with van der Waals surface area (Å²) in [4.78, 5) is 4.63. The van der Waals surface area contributed by atoms with Crippen molar-refractivity contribution in [1.82, 2.24) is 9.36 Å². The van der Waals surface area contributed by atoms with E-state index in [2.05, 4.69) is 28.5 Å². The van der Waals surface area contributed by atoms with Crippen LogP contribution in [0.4, 0.5) is 5.13 Å². The van der Waals surface area contributed by atoms with Gasteiger partial charge in [-0.1, -0.05) is 26.2 Å². The number of hydrogen-bond acceptors (Lipinski definition) is 5. The van der Waals surface area contributed by atoms with Crippen LogP contribution in [-0.4, -0.2) is 22.5 Å². The van der Waals surface area contributed by atoms with Crippen molar-refractivity contribution in [3.8, 4) is 0 Å². The van der Waals surface area contributed by atoms with Crippen molar-refractivity contribution in [2.75, 3.05) is 18.5 Å². The molecule has 0 unspecified atom stereocenters. The van der Waals surface area contributed by atoms with Gasteiger partial charge < -0.3 is 10.1 Å². The third kappa shape index (κ3) is 3.01. The second kappa shape index (κ2) is 6.48. The Morgan fingerprint density at radius 3 is 2.72 bits per heavy atom. The number of aromatic nitrogens is 2. The Hall–Kier alpha value is -0.680. The van der Waals surface area contributed by atoms with Gasteiger partial charge in [-0.05, 0) is 26.2 Å². The lowest BCUT2D eigenvalue weighted by atomic mass is 9.84. The lowest BCUT2D eigenvalue weighted by Crippen LogP contribution is -2.33. The molecule has 1 heterocycles. The second-order valence-corrected chi connectivity index (χ2v) is 5.59. The van der Waals surface area contributed by atoms with Gasteiger partial charge in [0.1, 0.15) is 5.60 Å². The Morgan fingerprint density at radius 2 is 2.06 bits per heavy atom. The molecule has 0 saturated heterocycles. The molecule has 1 N–H and O–H groups in total. The standard InChI is InChI=1S/C13H23N3OS/c1-3-10-14-12-15-11(16-18-12)13(17-4-2)8-6-5-7-9-13/h3-10H2,1-2H3,(H,14,15,16). The van der Waals surface area contributed by atoms with E-state index in [0.29, 0.717) is 0 Å². The number of anilines is 1. The topological polar surface area (TPSA) is 47.0 Å². The second-order valence-electron chi connectivity index (χ2n) is 4.84. The fourth-order valence-electron chi connectivity index (χ4n) is 2.54. The fraction of sp³-hybridized carbons (Fsp3) is 0.846. The summed E-state index contributed by atoms with van der Waals surface area (Å²) in [6, 6.07) is 0. The molecule has 1 saturated carbocycles. The lowest BCUT2D eigenvalue weighted by Gasteiger charge is -2.34. The minimum absolute atomic E-state index is 0.213. The van der Waals surface area contributed by atoms with Gasteiger partial charge in [0, 0.05) is 24.7 Å². The number of rotatable bonds is 6. The highest BCUT2D eigenvalue weighted by atomic mass is 32.1. The molecule has 0 aliphatic heterocycles. The first-order valence-corrected chi connectivity index (χ1v) is 7.80. The van der Waals surface area contributed by atoms with Crippen molar-refractivity contribution in [1.29, 1.82) is 0 Å². The highest BCUT2D eigenvalue weighted by Crippen LogP contribution is 2.39. The van der Waals surface area contributed by atoms with Crippen LogP contribution in [0.3, 0.4) is 0 Å². The zero-order valence-electron chi connectivity index (χ0n) is 11.4. The highest BCUT2D eigenvalue weighted by molar-refractivity contribution is 7.09. The highest BCUT2D eigenvalue weighted by Gasteiger charge is 2.38. The van der Waals surface area contributed by atoms with E-state index in [4.69, 9.17) is 4.74 Å². The van der Waals surface area contributed by atoms with Gasteiger partial charge in [0.25, 0.3) is 0 Å². The molecular formula is C13H23N3OS. The van der Waals surface area contributed by atoms with E-state index in [1.807, 2.05) is 0 Å². The van der Waals surface area contributed by atoms with Gasteiger partial charge in [-0.2, -0.15) is 4.37 Å². The Morgan fingerprint density at radius 1 is 1.28 bits per heavy atom. The fourth-order valence-corrected chi connectivity index (χ4v) is 3.22. The third-order valence-corrected chi connectivity index (χ3v) is 4.11. The summed E-state index contributed by atoms with van der Waals surface area (Å²) in [5, 5.41) is 4.23. The maximum absolute atomic E-state index is 6.03. The van der Waals surface area contributed by atoms with Crippen molar-refractivity contribution in [3.05, 3.63) is 5.82 Å². The summed E-state index contributed by atoms with van der Waals surface area (Å²) in [6.45, 7) is 5.89. The molecule has 0 bridgehead atoms. The van der Waals surface area contributed by atoms with Crippen LogP contribution in [0.5, 0.6) is 0 Å². The van der Waals surface area contributed by atoms with E-state index in [0.717, 1.165) is 43.4 Å². The lowest BCUT2D eigenvalue weighted by molar-refractivity contribution is -0.0758. The summed E-state index contributed by atoms with van der Waals surface area (Å²) in [5.74, 6) is 0.896. The van der Waals surface area contributed by atoms with Crippen LogP contribution in [-0.2, 0) is 10.3 Å². The van der Waals surface area contributed by atoms with Gasteiger partial charge in [-0.15, -0.1) is 0 Å². The average Bonchev–Trinajstić information content (AvgIpc) is 2.87. The Bertz CT molecular complexity index is 355. The number of ether oxygens (including phenoxy) is 1. The zero-order chi connectivity index (χ0) is 12.8. The molecule has 0 atom stereocenters. The number of nitrogens with one attached hydrogen (secondary N) is 1.